The molecule has 0 unspecified atom stereocenters. The first-order chi connectivity index (χ1) is 15.3. The number of hydrogen-bond donors (Lipinski definition) is 1. The lowest BCUT2D eigenvalue weighted by molar-refractivity contribution is 0.0977. The van der Waals surface area contributed by atoms with Gasteiger partial charge < -0.3 is 4.74 Å². The third-order valence-electron chi connectivity index (χ3n) is 5.01. The number of benzene rings is 3. The first-order valence-electron chi connectivity index (χ1n) is 9.70. The molecule has 4 rings (SSSR count). The highest BCUT2D eigenvalue weighted by atomic mass is 32.2. The zero-order valence-electron chi connectivity index (χ0n) is 17.4. The van der Waals surface area contributed by atoms with E-state index in [1.165, 1.54) is 25.3 Å². The van der Waals surface area contributed by atoms with Gasteiger partial charge in [-0.1, -0.05) is 36.4 Å². The minimum absolute atomic E-state index is 0.0406. The summed E-state index contributed by atoms with van der Waals surface area (Å²) in [5, 5.41) is 4.83. The van der Waals surface area contributed by atoms with Crippen LogP contribution < -0.4 is 9.46 Å². The van der Waals surface area contributed by atoms with Crippen molar-refractivity contribution in [3.05, 3.63) is 89.4 Å². The third-order valence-corrected chi connectivity index (χ3v) is 6.48. The van der Waals surface area contributed by atoms with E-state index in [2.05, 4.69) is 9.82 Å². The summed E-state index contributed by atoms with van der Waals surface area (Å²) < 4.78 is 48.2. The van der Waals surface area contributed by atoms with Crippen molar-refractivity contribution in [1.82, 2.24) is 14.5 Å². The van der Waals surface area contributed by atoms with Gasteiger partial charge in [0.15, 0.2) is 5.69 Å². The third kappa shape index (κ3) is 4.19. The lowest BCUT2D eigenvalue weighted by atomic mass is 10.2. The predicted octanol–water partition coefficient (Wildman–Crippen LogP) is 3.66. The summed E-state index contributed by atoms with van der Waals surface area (Å²) in [5.74, 6) is -0.883. The Labute approximate surface area is 184 Å². The van der Waals surface area contributed by atoms with Crippen LogP contribution in [0, 0.1) is 12.7 Å². The van der Waals surface area contributed by atoms with Crippen LogP contribution in [-0.2, 0) is 16.6 Å². The Morgan fingerprint density at radius 1 is 1.09 bits per heavy atom. The van der Waals surface area contributed by atoms with Crippen molar-refractivity contribution >= 4 is 26.8 Å². The van der Waals surface area contributed by atoms with Crippen molar-refractivity contribution in [2.24, 2.45) is 0 Å². The molecule has 0 spiro atoms. The summed E-state index contributed by atoms with van der Waals surface area (Å²) in [7, 11) is -2.75. The fourth-order valence-corrected chi connectivity index (χ4v) is 4.66. The fraction of sp³-hybridized carbons (Fsp3) is 0.130. The number of sulfonamides is 1. The number of fused-ring (bicyclic) bond motifs is 1. The van der Waals surface area contributed by atoms with Gasteiger partial charge in [0, 0.05) is 11.5 Å². The molecule has 0 aliphatic heterocycles. The van der Waals surface area contributed by atoms with E-state index in [0.717, 1.165) is 0 Å². The Hall–Kier alpha value is -3.72. The number of methoxy groups -OCH3 is 1. The van der Waals surface area contributed by atoms with Crippen molar-refractivity contribution in [2.45, 2.75) is 18.4 Å². The predicted molar refractivity (Wildman–Crippen MR) is 118 cm³/mol. The molecule has 7 nitrogen and oxygen atoms in total. The number of carbonyl (C=O) groups excluding carboxylic acids is 1. The van der Waals surface area contributed by atoms with E-state index < -0.39 is 15.9 Å². The number of rotatable bonds is 6. The van der Waals surface area contributed by atoms with Crippen LogP contribution in [0.1, 0.15) is 21.6 Å². The molecule has 0 fully saturated rings. The second-order valence-electron chi connectivity index (χ2n) is 7.22. The molecule has 3 aromatic carbocycles. The van der Waals surface area contributed by atoms with Crippen LogP contribution in [0.4, 0.5) is 4.39 Å². The van der Waals surface area contributed by atoms with Crippen LogP contribution in [0.2, 0.25) is 0 Å². The van der Waals surface area contributed by atoms with Crippen molar-refractivity contribution in [3.63, 3.8) is 0 Å². The lowest BCUT2D eigenvalue weighted by Crippen LogP contribution is -2.31. The van der Waals surface area contributed by atoms with Crippen LogP contribution in [0.25, 0.3) is 10.9 Å². The van der Waals surface area contributed by atoms with E-state index in [1.807, 2.05) is 0 Å². The SMILES string of the molecule is COc1ccc(C)c(S(=O)(=O)NC(=O)c2nn(Cc3cccc(F)c3)c3ccccc23)c1. The zero-order valence-corrected chi connectivity index (χ0v) is 18.2. The van der Waals surface area contributed by atoms with Gasteiger partial charge in [0.25, 0.3) is 15.9 Å². The zero-order chi connectivity index (χ0) is 22.9. The minimum Gasteiger partial charge on any atom is -0.497 e. The Morgan fingerprint density at radius 3 is 2.62 bits per heavy atom. The number of nitrogens with zero attached hydrogens (tertiary/aromatic N) is 2. The minimum atomic E-state index is -4.17. The smallest absolute Gasteiger partial charge is 0.286 e. The van der Waals surface area contributed by atoms with E-state index in [1.54, 1.807) is 60.1 Å². The second kappa shape index (κ2) is 8.43. The monoisotopic (exact) mass is 453 g/mol. The fourth-order valence-electron chi connectivity index (χ4n) is 3.45. The van der Waals surface area contributed by atoms with Crippen LogP contribution in [-0.4, -0.2) is 31.2 Å². The molecule has 0 bridgehead atoms. The van der Waals surface area contributed by atoms with E-state index in [9.17, 15) is 17.6 Å². The van der Waals surface area contributed by atoms with Gasteiger partial charge in [0.1, 0.15) is 11.6 Å². The average Bonchev–Trinajstić information content (AvgIpc) is 3.12. The van der Waals surface area contributed by atoms with E-state index in [0.29, 0.717) is 27.8 Å². The van der Waals surface area contributed by atoms with E-state index >= 15 is 0 Å². The van der Waals surface area contributed by atoms with Crippen molar-refractivity contribution in [3.8, 4) is 5.75 Å². The number of aromatic nitrogens is 2. The standard InChI is InChI=1S/C23H20FN3O4S/c1-15-10-11-18(31-2)13-21(15)32(29,30)26-23(28)22-19-8-3-4-9-20(19)27(25-22)14-16-6-5-7-17(24)12-16/h3-13H,14H2,1-2H3,(H,26,28). The molecule has 0 aliphatic carbocycles. The van der Waals surface area contributed by atoms with Gasteiger partial charge in [-0.05, 0) is 42.3 Å². The molecule has 4 aromatic rings. The molecule has 0 saturated carbocycles. The van der Waals surface area contributed by atoms with Gasteiger partial charge in [0.05, 0.1) is 24.1 Å². The average molecular weight is 453 g/mol. The Kier molecular flexibility index (Phi) is 5.67. The highest BCUT2D eigenvalue weighted by molar-refractivity contribution is 7.90. The summed E-state index contributed by atoms with van der Waals surface area (Å²) in [6, 6.07) is 17.6. The first kappa shape index (κ1) is 21.5. The molecule has 0 saturated heterocycles. The molecule has 1 aromatic heterocycles. The van der Waals surface area contributed by atoms with Crippen molar-refractivity contribution < 1.29 is 22.3 Å². The summed E-state index contributed by atoms with van der Waals surface area (Å²) in [6.45, 7) is 1.84. The quantitative estimate of drug-likeness (QED) is 0.481. The Bertz CT molecular complexity index is 1430. The maximum absolute atomic E-state index is 13.6. The Balaban J connectivity index is 1.70. The van der Waals surface area contributed by atoms with Crippen LogP contribution in [0.3, 0.4) is 0 Å². The molecular weight excluding hydrogens is 433 g/mol. The van der Waals surface area contributed by atoms with Gasteiger partial charge in [-0.2, -0.15) is 5.10 Å². The molecule has 1 heterocycles. The number of nitrogens with one attached hydrogen (secondary N) is 1. The molecule has 0 atom stereocenters. The maximum atomic E-state index is 13.6. The van der Waals surface area contributed by atoms with Crippen molar-refractivity contribution in [1.29, 1.82) is 0 Å². The number of carbonyl (C=O) groups is 1. The molecule has 0 radical (unpaired) electrons. The molecular formula is C23H20FN3O4S. The molecule has 0 aliphatic rings. The summed E-state index contributed by atoms with van der Waals surface area (Å²) in [6.07, 6.45) is 0. The maximum Gasteiger partial charge on any atom is 0.286 e. The first-order valence-corrected chi connectivity index (χ1v) is 11.2. The molecule has 9 heteroatoms. The molecule has 32 heavy (non-hydrogen) atoms. The highest BCUT2D eigenvalue weighted by Crippen LogP contribution is 2.23. The highest BCUT2D eigenvalue weighted by Gasteiger charge is 2.25. The summed E-state index contributed by atoms with van der Waals surface area (Å²) in [4.78, 5) is 12.9. The van der Waals surface area contributed by atoms with Gasteiger partial charge in [-0.15, -0.1) is 0 Å². The molecule has 164 valence electrons. The Morgan fingerprint density at radius 2 is 1.88 bits per heavy atom. The second-order valence-corrected chi connectivity index (χ2v) is 8.87. The normalized spacial score (nSPS) is 11.5. The molecule has 1 N–H and O–H groups in total. The van der Waals surface area contributed by atoms with Gasteiger partial charge in [-0.25, -0.2) is 17.5 Å². The number of hydrogen-bond acceptors (Lipinski definition) is 5. The van der Waals surface area contributed by atoms with Crippen LogP contribution in [0.15, 0.2) is 71.6 Å². The molecule has 1 amide bonds. The van der Waals surface area contributed by atoms with Gasteiger partial charge in [-0.3, -0.25) is 9.48 Å². The van der Waals surface area contributed by atoms with Crippen LogP contribution >= 0.6 is 0 Å². The lowest BCUT2D eigenvalue weighted by Gasteiger charge is -2.10. The largest absolute Gasteiger partial charge is 0.497 e. The number of aryl methyl sites for hydroxylation is 1. The number of ether oxygens (including phenoxy) is 1. The number of halogens is 1. The number of amides is 1. The number of para-hydroxylation sites is 1. The summed E-state index contributed by atoms with van der Waals surface area (Å²) >= 11 is 0. The van der Waals surface area contributed by atoms with Gasteiger partial charge >= 0.3 is 0 Å². The van der Waals surface area contributed by atoms with Crippen LogP contribution in [0.5, 0.6) is 5.75 Å². The van der Waals surface area contributed by atoms with E-state index in [-0.39, 0.29) is 23.0 Å². The summed E-state index contributed by atoms with van der Waals surface area (Å²) in [5.41, 5.74) is 1.70. The topological polar surface area (TPSA) is 90.3 Å². The van der Waals surface area contributed by atoms with Crippen molar-refractivity contribution in [2.75, 3.05) is 7.11 Å². The van der Waals surface area contributed by atoms with E-state index in [4.69, 9.17) is 4.74 Å². The van der Waals surface area contributed by atoms with Gasteiger partial charge in [0.2, 0.25) is 0 Å².